The summed E-state index contributed by atoms with van der Waals surface area (Å²) < 4.78 is 3.90. The van der Waals surface area contributed by atoms with Gasteiger partial charge in [-0.2, -0.15) is 0 Å². The van der Waals surface area contributed by atoms with Gasteiger partial charge in [0.25, 0.3) is 0 Å². The second kappa shape index (κ2) is 7.08. The minimum absolute atomic E-state index is 0.116. The molecular weight excluding hydrogens is 326 g/mol. The molecule has 3 heterocycles. The standard InChI is InChI=1S/C20H31N5O/c1-14-6-7-17-19(18(14)24-11-8-15(21-2)9-12-24)23(3)20(26)25(17)16-5-4-10-22-13-16/h6-7,15-16,21-22H,4-5,8-13H2,1-3H3. The van der Waals surface area contributed by atoms with Crippen molar-refractivity contribution in [1.82, 2.24) is 19.8 Å². The molecular formula is C20H31N5O. The third kappa shape index (κ3) is 2.85. The van der Waals surface area contributed by atoms with Crippen molar-refractivity contribution < 1.29 is 0 Å². The zero-order valence-corrected chi connectivity index (χ0v) is 16.2. The van der Waals surface area contributed by atoms with E-state index >= 15 is 0 Å². The molecule has 26 heavy (non-hydrogen) atoms. The largest absolute Gasteiger partial charge is 0.369 e. The molecule has 2 N–H and O–H groups in total. The molecule has 1 unspecified atom stereocenters. The van der Waals surface area contributed by atoms with Crippen molar-refractivity contribution >= 4 is 16.7 Å². The molecule has 2 aliphatic heterocycles. The molecule has 0 saturated carbocycles. The van der Waals surface area contributed by atoms with Crippen LogP contribution in [0.15, 0.2) is 16.9 Å². The van der Waals surface area contributed by atoms with Crippen LogP contribution in [-0.4, -0.2) is 48.4 Å². The monoisotopic (exact) mass is 357 g/mol. The highest BCUT2D eigenvalue weighted by Crippen LogP contribution is 2.33. The summed E-state index contributed by atoms with van der Waals surface area (Å²) in [5.74, 6) is 0. The number of nitrogens with one attached hydrogen (secondary N) is 2. The first kappa shape index (κ1) is 17.6. The zero-order valence-electron chi connectivity index (χ0n) is 16.2. The van der Waals surface area contributed by atoms with Gasteiger partial charge in [0.1, 0.15) is 0 Å². The molecule has 2 fully saturated rings. The summed E-state index contributed by atoms with van der Waals surface area (Å²) in [4.78, 5) is 15.6. The van der Waals surface area contributed by atoms with Crippen LogP contribution in [0.4, 0.5) is 5.69 Å². The van der Waals surface area contributed by atoms with Crippen LogP contribution in [0.1, 0.15) is 37.3 Å². The Balaban J connectivity index is 1.81. The molecule has 1 aromatic heterocycles. The smallest absolute Gasteiger partial charge is 0.329 e. The second-order valence-corrected chi connectivity index (χ2v) is 7.86. The fourth-order valence-electron chi connectivity index (χ4n) is 4.75. The van der Waals surface area contributed by atoms with E-state index in [-0.39, 0.29) is 11.7 Å². The number of hydrogen-bond donors (Lipinski definition) is 2. The van der Waals surface area contributed by atoms with Crippen molar-refractivity contribution in [2.45, 2.75) is 44.7 Å². The summed E-state index contributed by atoms with van der Waals surface area (Å²) in [5.41, 5.74) is 4.81. The Hall–Kier alpha value is -1.79. The predicted molar refractivity (Wildman–Crippen MR) is 107 cm³/mol. The summed E-state index contributed by atoms with van der Waals surface area (Å²) in [5, 5.41) is 6.85. The molecule has 0 amide bonds. The highest BCUT2D eigenvalue weighted by Gasteiger charge is 2.26. The fourth-order valence-corrected chi connectivity index (χ4v) is 4.75. The molecule has 0 spiro atoms. The van der Waals surface area contributed by atoms with Crippen molar-refractivity contribution in [1.29, 1.82) is 0 Å². The number of fused-ring (bicyclic) bond motifs is 1. The van der Waals surface area contributed by atoms with E-state index in [2.05, 4.69) is 34.6 Å². The van der Waals surface area contributed by atoms with Crippen molar-refractivity contribution in [2.75, 3.05) is 38.1 Å². The lowest BCUT2D eigenvalue weighted by Gasteiger charge is -2.35. The topological polar surface area (TPSA) is 54.2 Å². The summed E-state index contributed by atoms with van der Waals surface area (Å²) in [7, 11) is 3.98. The lowest BCUT2D eigenvalue weighted by atomic mass is 10.0. The molecule has 1 aromatic carbocycles. The van der Waals surface area contributed by atoms with Crippen LogP contribution in [-0.2, 0) is 7.05 Å². The molecule has 2 aromatic rings. The Labute approximate surface area is 155 Å². The van der Waals surface area contributed by atoms with Gasteiger partial charge in [-0.3, -0.25) is 9.13 Å². The van der Waals surface area contributed by atoms with Crippen LogP contribution in [0.3, 0.4) is 0 Å². The average Bonchev–Trinajstić information content (AvgIpc) is 2.93. The van der Waals surface area contributed by atoms with Crippen LogP contribution < -0.4 is 21.2 Å². The maximum atomic E-state index is 13.1. The van der Waals surface area contributed by atoms with Crippen LogP contribution in [0.5, 0.6) is 0 Å². The van der Waals surface area contributed by atoms with E-state index in [1.54, 1.807) is 0 Å². The van der Waals surface area contributed by atoms with Gasteiger partial charge in [0, 0.05) is 32.7 Å². The Morgan fingerprint density at radius 3 is 2.62 bits per heavy atom. The summed E-state index contributed by atoms with van der Waals surface area (Å²) in [6, 6.07) is 5.19. The van der Waals surface area contributed by atoms with E-state index in [9.17, 15) is 4.79 Å². The number of nitrogens with zero attached hydrogens (tertiary/aromatic N) is 3. The molecule has 1 atom stereocenters. The molecule has 0 bridgehead atoms. The molecule has 2 saturated heterocycles. The van der Waals surface area contributed by atoms with Crippen LogP contribution in [0, 0.1) is 6.92 Å². The number of aromatic nitrogens is 2. The van der Waals surface area contributed by atoms with Gasteiger partial charge >= 0.3 is 5.69 Å². The lowest BCUT2D eigenvalue weighted by Crippen LogP contribution is -2.41. The normalized spacial score (nSPS) is 22.3. The van der Waals surface area contributed by atoms with Crippen LogP contribution >= 0.6 is 0 Å². The van der Waals surface area contributed by atoms with E-state index in [0.29, 0.717) is 6.04 Å². The summed E-state index contributed by atoms with van der Waals surface area (Å²) in [6.45, 7) is 6.19. The van der Waals surface area contributed by atoms with Crippen molar-refractivity contribution in [3.63, 3.8) is 0 Å². The number of anilines is 1. The maximum absolute atomic E-state index is 13.1. The van der Waals surface area contributed by atoms with E-state index in [1.807, 2.05) is 23.2 Å². The van der Waals surface area contributed by atoms with Gasteiger partial charge in [-0.1, -0.05) is 6.07 Å². The molecule has 6 nitrogen and oxygen atoms in total. The van der Waals surface area contributed by atoms with Gasteiger partial charge < -0.3 is 15.5 Å². The predicted octanol–water partition coefficient (Wildman–Crippen LogP) is 1.76. The number of aryl methyl sites for hydroxylation is 2. The highest BCUT2D eigenvalue weighted by atomic mass is 16.1. The molecule has 0 radical (unpaired) electrons. The van der Waals surface area contributed by atoms with Crippen LogP contribution in [0.25, 0.3) is 11.0 Å². The number of hydrogen-bond acceptors (Lipinski definition) is 4. The molecule has 4 rings (SSSR count). The molecule has 142 valence electrons. The van der Waals surface area contributed by atoms with Gasteiger partial charge in [0.05, 0.1) is 22.8 Å². The number of rotatable bonds is 3. The van der Waals surface area contributed by atoms with Crippen molar-refractivity contribution in [3.8, 4) is 0 Å². The van der Waals surface area contributed by atoms with Gasteiger partial charge in [0.2, 0.25) is 0 Å². The highest BCUT2D eigenvalue weighted by molar-refractivity contribution is 5.91. The molecule has 6 heteroatoms. The summed E-state index contributed by atoms with van der Waals surface area (Å²) >= 11 is 0. The quantitative estimate of drug-likeness (QED) is 0.879. The minimum atomic E-state index is 0.116. The average molecular weight is 358 g/mol. The van der Waals surface area contributed by atoms with E-state index in [0.717, 1.165) is 62.9 Å². The van der Waals surface area contributed by atoms with Gasteiger partial charge in [-0.05, 0) is 57.8 Å². The first-order valence-corrected chi connectivity index (χ1v) is 9.95. The Kier molecular flexibility index (Phi) is 4.80. The van der Waals surface area contributed by atoms with Gasteiger partial charge in [-0.15, -0.1) is 0 Å². The maximum Gasteiger partial charge on any atom is 0.329 e. The Morgan fingerprint density at radius 2 is 1.96 bits per heavy atom. The third-order valence-corrected chi connectivity index (χ3v) is 6.28. The first-order chi connectivity index (χ1) is 12.6. The number of imidazole rings is 1. The van der Waals surface area contributed by atoms with Gasteiger partial charge in [-0.25, -0.2) is 4.79 Å². The second-order valence-electron chi connectivity index (χ2n) is 7.86. The first-order valence-electron chi connectivity index (χ1n) is 9.95. The fraction of sp³-hybridized carbons (Fsp3) is 0.650. The Morgan fingerprint density at radius 1 is 1.19 bits per heavy atom. The summed E-state index contributed by atoms with van der Waals surface area (Å²) in [6.07, 6.45) is 4.49. The number of benzene rings is 1. The number of piperidine rings is 2. The van der Waals surface area contributed by atoms with E-state index in [4.69, 9.17) is 0 Å². The van der Waals surface area contributed by atoms with E-state index in [1.165, 1.54) is 11.3 Å². The van der Waals surface area contributed by atoms with Gasteiger partial charge in [0.15, 0.2) is 0 Å². The van der Waals surface area contributed by atoms with Crippen molar-refractivity contribution in [3.05, 3.63) is 28.2 Å². The minimum Gasteiger partial charge on any atom is -0.369 e. The third-order valence-electron chi connectivity index (χ3n) is 6.28. The molecule has 0 aliphatic carbocycles. The lowest BCUT2D eigenvalue weighted by molar-refractivity contribution is 0.369. The Bertz CT molecular complexity index is 838. The van der Waals surface area contributed by atoms with E-state index < -0.39 is 0 Å². The molecule has 2 aliphatic rings. The van der Waals surface area contributed by atoms with Crippen LogP contribution in [0.2, 0.25) is 0 Å². The zero-order chi connectivity index (χ0) is 18.3. The SMILES string of the molecule is CNC1CCN(c2c(C)ccc3c2n(C)c(=O)n3C2CCCNC2)CC1. The van der Waals surface area contributed by atoms with Crippen molar-refractivity contribution in [2.24, 2.45) is 7.05 Å².